The van der Waals surface area contributed by atoms with Gasteiger partial charge in [0.15, 0.2) is 0 Å². The second-order valence-electron chi connectivity index (χ2n) is 2.30. The van der Waals surface area contributed by atoms with E-state index in [4.69, 9.17) is 10.00 Å². The summed E-state index contributed by atoms with van der Waals surface area (Å²) in [6, 6.07) is 6.80. The summed E-state index contributed by atoms with van der Waals surface area (Å²) >= 11 is 0. The van der Waals surface area contributed by atoms with E-state index in [1.165, 1.54) is 13.4 Å². The molecular weight excluding hydrogens is 169 g/mol. The molecule has 0 spiro atoms. The minimum absolute atomic E-state index is 0.437. The molecule has 1 N–H and O–H groups in total. The first-order chi connectivity index (χ1) is 6.29. The number of hydrogen-bond acceptors (Lipinski definition) is 4. The Morgan fingerprint density at radius 2 is 2.15 bits per heavy atom. The smallest absolute Gasteiger partial charge is 0.497 e. The lowest BCUT2D eigenvalue weighted by atomic mass is 9.79. The number of benzene rings is 1. The molecule has 5 heteroatoms. The fraction of sp³-hybridized carbons (Fsp3) is 0.125. The third-order valence-corrected chi connectivity index (χ3v) is 1.57. The summed E-state index contributed by atoms with van der Waals surface area (Å²) in [5.74, 6) is 0.491. The SMILES string of the molecule is COc1ccccc1B(O)OC#N. The highest BCUT2D eigenvalue weighted by atomic mass is 16.5. The van der Waals surface area contributed by atoms with Gasteiger partial charge in [-0.25, -0.2) is 0 Å². The summed E-state index contributed by atoms with van der Waals surface area (Å²) in [5, 5.41) is 17.5. The number of methoxy groups -OCH3 is 1. The zero-order valence-electron chi connectivity index (χ0n) is 7.10. The molecule has 0 aliphatic heterocycles. The number of rotatable bonds is 3. The van der Waals surface area contributed by atoms with E-state index in [1.807, 2.05) is 0 Å². The van der Waals surface area contributed by atoms with Gasteiger partial charge >= 0.3 is 7.12 Å². The number of nitriles is 1. The van der Waals surface area contributed by atoms with E-state index >= 15 is 0 Å². The van der Waals surface area contributed by atoms with Crippen molar-refractivity contribution in [3.8, 4) is 12.0 Å². The van der Waals surface area contributed by atoms with Gasteiger partial charge in [-0.3, -0.25) is 0 Å². The van der Waals surface area contributed by atoms with Crippen molar-refractivity contribution in [3.63, 3.8) is 0 Å². The van der Waals surface area contributed by atoms with Crippen LogP contribution in [0, 0.1) is 11.5 Å². The molecule has 0 heterocycles. The van der Waals surface area contributed by atoms with E-state index in [9.17, 15) is 5.02 Å². The lowest BCUT2D eigenvalue weighted by Crippen LogP contribution is -2.33. The van der Waals surface area contributed by atoms with Crippen molar-refractivity contribution in [2.75, 3.05) is 7.11 Å². The van der Waals surface area contributed by atoms with Crippen molar-refractivity contribution >= 4 is 12.6 Å². The van der Waals surface area contributed by atoms with Gasteiger partial charge in [0.2, 0.25) is 0 Å². The minimum atomic E-state index is -1.26. The Hall–Kier alpha value is -1.67. The molecule has 0 saturated heterocycles. The van der Waals surface area contributed by atoms with Crippen molar-refractivity contribution in [1.82, 2.24) is 0 Å². The summed E-state index contributed by atoms with van der Waals surface area (Å²) in [7, 11) is 0.221. The highest BCUT2D eigenvalue weighted by molar-refractivity contribution is 6.61. The molecule has 0 amide bonds. The highest BCUT2D eigenvalue weighted by Crippen LogP contribution is 2.06. The molecule has 0 atom stereocenters. The molecule has 1 aromatic rings. The summed E-state index contributed by atoms with van der Waals surface area (Å²) < 4.78 is 9.31. The summed E-state index contributed by atoms with van der Waals surface area (Å²) in [5.41, 5.74) is 0.437. The van der Waals surface area contributed by atoms with Gasteiger partial charge < -0.3 is 14.4 Å². The minimum Gasteiger partial charge on any atom is -0.497 e. The average molecular weight is 177 g/mol. The molecule has 0 aromatic heterocycles. The van der Waals surface area contributed by atoms with Crippen molar-refractivity contribution in [3.05, 3.63) is 24.3 Å². The second kappa shape index (κ2) is 4.38. The molecule has 0 saturated carbocycles. The fourth-order valence-corrected chi connectivity index (χ4v) is 0.984. The first-order valence-electron chi connectivity index (χ1n) is 3.65. The van der Waals surface area contributed by atoms with Crippen LogP contribution in [-0.2, 0) is 4.65 Å². The Balaban J connectivity index is 2.93. The van der Waals surface area contributed by atoms with E-state index in [1.54, 1.807) is 24.3 Å². The van der Waals surface area contributed by atoms with Crippen LogP contribution in [0.25, 0.3) is 0 Å². The molecule has 1 rings (SSSR count). The fourth-order valence-electron chi connectivity index (χ4n) is 0.984. The monoisotopic (exact) mass is 177 g/mol. The molecular formula is C8H8BNO3. The molecule has 1 aromatic carbocycles. The quantitative estimate of drug-likeness (QED) is 0.516. The normalized spacial score (nSPS) is 8.69. The molecule has 0 radical (unpaired) electrons. The van der Waals surface area contributed by atoms with Crippen LogP contribution in [0.5, 0.6) is 5.75 Å². The first-order valence-corrected chi connectivity index (χ1v) is 3.65. The zero-order valence-corrected chi connectivity index (χ0v) is 7.10. The van der Waals surface area contributed by atoms with E-state index < -0.39 is 7.12 Å². The van der Waals surface area contributed by atoms with Crippen molar-refractivity contribution < 1.29 is 14.4 Å². The first kappa shape index (κ1) is 9.42. The largest absolute Gasteiger partial charge is 0.573 e. The van der Waals surface area contributed by atoms with E-state index in [-0.39, 0.29) is 0 Å². The number of para-hydroxylation sites is 1. The third-order valence-electron chi connectivity index (χ3n) is 1.57. The van der Waals surface area contributed by atoms with Crippen molar-refractivity contribution in [2.24, 2.45) is 0 Å². The molecule has 13 heavy (non-hydrogen) atoms. The molecule has 0 unspecified atom stereocenters. The topological polar surface area (TPSA) is 62.5 Å². The number of nitrogens with zero attached hydrogens (tertiary/aromatic N) is 1. The summed E-state index contributed by atoms with van der Waals surface area (Å²) in [6.07, 6.45) is 1.41. The van der Waals surface area contributed by atoms with Gasteiger partial charge in [0.1, 0.15) is 5.75 Å². The van der Waals surface area contributed by atoms with E-state index in [0.717, 1.165) is 0 Å². The van der Waals surface area contributed by atoms with Crippen LogP contribution in [0.15, 0.2) is 24.3 Å². The summed E-state index contributed by atoms with van der Waals surface area (Å²) in [4.78, 5) is 0. The predicted octanol–water partition coefficient (Wildman–Crippen LogP) is -0.120. The zero-order chi connectivity index (χ0) is 9.68. The average Bonchev–Trinajstić information content (AvgIpc) is 2.18. The number of ether oxygens (including phenoxy) is 1. The lowest BCUT2D eigenvalue weighted by molar-refractivity contribution is 0.391. The standard InChI is InChI=1S/C8H8BNO3/c1-12-8-5-3-2-4-7(8)9(11)13-6-10/h2-5,11H,1H3. The lowest BCUT2D eigenvalue weighted by Gasteiger charge is -2.07. The molecule has 0 bridgehead atoms. The number of hydrogen-bond donors (Lipinski definition) is 1. The Kier molecular flexibility index (Phi) is 3.18. The van der Waals surface area contributed by atoms with Gasteiger partial charge in [-0.05, 0) is 6.07 Å². The van der Waals surface area contributed by atoms with Crippen LogP contribution in [-0.4, -0.2) is 19.3 Å². The van der Waals surface area contributed by atoms with Crippen molar-refractivity contribution in [1.29, 1.82) is 5.26 Å². The predicted molar refractivity (Wildman–Crippen MR) is 47.3 cm³/mol. The highest BCUT2D eigenvalue weighted by Gasteiger charge is 2.22. The van der Waals surface area contributed by atoms with Crippen LogP contribution in [0.4, 0.5) is 0 Å². The van der Waals surface area contributed by atoms with E-state index in [2.05, 4.69) is 4.65 Å². The molecule has 4 nitrogen and oxygen atoms in total. The molecule has 0 aliphatic carbocycles. The maximum absolute atomic E-state index is 9.31. The Labute approximate surface area is 76.5 Å². The maximum Gasteiger partial charge on any atom is 0.573 e. The molecule has 66 valence electrons. The van der Waals surface area contributed by atoms with Crippen LogP contribution >= 0.6 is 0 Å². The van der Waals surface area contributed by atoms with Crippen LogP contribution in [0.2, 0.25) is 0 Å². The molecule has 0 aliphatic rings. The van der Waals surface area contributed by atoms with Gasteiger partial charge in [0.25, 0.3) is 6.26 Å². The van der Waals surface area contributed by atoms with Gasteiger partial charge in [0, 0.05) is 5.46 Å². The van der Waals surface area contributed by atoms with Crippen molar-refractivity contribution in [2.45, 2.75) is 0 Å². The summed E-state index contributed by atoms with van der Waals surface area (Å²) in [6.45, 7) is 0. The van der Waals surface area contributed by atoms with Crippen LogP contribution < -0.4 is 10.2 Å². The second-order valence-corrected chi connectivity index (χ2v) is 2.30. The molecule has 0 fully saturated rings. The third kappa shape index (κ3) is 2.14. The van der Waals surface area contributed by atoms with Gasteiger partial charge in [0.05, 0.1) is 7.11 Å². The van der Waals surface area contributed by atoms with Gasteiger partial charge in [-0.2, -0.15) is 5.26 Å². The maximum atomic E-state index is 9.31. The van der Waals surface area contributed by atoms with Crippen LogP contribution in [0.3, 0.4) is 0 Å². The van der Waals surface area contributed by atoms with Crippen LogP contribution in [0.1, 0.15) is 0 Å². The van der Waals surface area contributed by atoms with Gasteiger partial charge in [-0.15, -0.1) is 0 Å². The van der Waals surface area contributed by atoms with E-state index in [0.29, 0.717) is 11.2 Å². The Morgan fingerprint density at radius 1 is 1.46 bits per heavy atom. The Morgan fingerprint density at radius 3 is 2.77 bits per heavy atom. The Bertz CT molecular complexity index is 323. The van der Waals surface area contributed by atoms with Gasteiger partial charge in [-0.1, -0.05) is 18.2 Å².